The molecular formula is C20H26N4O7S. The lowest BCUT2D eigenvalue weighted by Crippen LogP contribution is -2.30. The number of sulfonamides is 1. The molecular weight excluding hydrogens is 440 g/mol. The van der Waals surface area contributed by atoms with E-state index in [4.69, 9.17) is 14.2 Å². The second-order valence-electron chi connectivity index (χ2n) is 6.32. The second kappa shape index (κ2) is 10.8. The van der Waals surface area contributed by atoms with Crippen LogP contribution in [-0.2, 0) is 10.0 Å². The Bertz CT molecular complexity index is 1100. The Balaban J connectivity index is 2.39. The van der Waals surface area contributed by atoms with Crippen LogP contribution in [0.25, 0.3) is 0 Å². The van der Waals surface area contributed by atoms with Crippen molar-refractivity contribution in [1.29, 1.82) is 0 Å². The molecule has 0 spiro atoms. The maximum absolute atomic E-state index is 12.7. The van der Waals surface area contributed by atoms with Crippen LogP contribution in [0.3, 0.4) is 0 Å². The molecule has 174 valence electrons. The topological polar surface area (TPSA) is 133 Å². The zero-order chi connectivity index (χ0) is 23.9. The first-order chi connectivity index (χ1) is 15.2. The SMILES string of the molecule is CCN(CC)S(=O)(=O)c1ccc(NN=Cc2ccc(OC)c(OC)c2OC)c([N+](=O)[O-])c1. The molecule has 1 N–H and O–H groups in total. The molecule has 11 nitrogen and oxygen atoms in total. The molecule has 0 atom stereocenters. The number of hydrogen-bond donors (Lipinski definition) is 1. The van der Waals surface area contributed by atoms with Gasteiger partial charge in [-0.05, 0) is 24.3 Å². The van der Waals surface area contributed by atoms with Crippen LogP contribution in [0.1, 0.15) is 19.4 Å². The first kappa shape index (κ1) is 24.9. The van der Waals surface area contributed by atoms with Gasteiger partial charge in [0.2, 0.25) is 15.8 Å². The van der Waals surface area contributed by atoms with Crippen molar-refractivity contribution in [2.45, 2.75) is 18.7 Å². The van der Waals surface area contributed by atoms with Crippen molar-refractivity contribution >= 4 is 27.6 Å². The molecule has 0 aliphatic heterocycles. The van der Waals surface area contributed by atoms with E-state index in [1.807, 2.05) is 0 Å². The van der Waals surface area contributed by atoms with Gasteiger partial charge in [0.1, 0.15) is 5.69 Å². The Morgan fingerprint density at radius 3 is 2.25 bits per heavy atom. The number of nitro groups is 1. The molecule has 32 heavy (non-hydrogen) atoms. The van der Waals surface area contributed by atoms with Crippen molar-refractivity contribution in [3.05, 3.63) is 46.0 Å². The fourth-order valence-electron chi connectivity index (χ4n) is 3.03. The number of rotatable bonds is 11. The van der Waals surface area contributed by atoms with Gasteiger partial charge in [0.25, 0.3) is 5.69 Å². The summed E-state index contributed by atoms with van der Waals surface area (Å²) in [6, 6.07) is 6.97. The van der Waals surface area contributed by atoms with Crippen molar-refractivity contribution in [2.24, 2.45) is 5.10 Å². The minimum absolute atomic E-state index is 0.0317. The molecule has 12 heteroatoms. The zero-order valence-corrected chi connectivity index (χ0v) is 19.3. The smallest absolute Gasteiger partial charge is 0.295 e. The molecule has 0 radical (unpaired) electrons. The van der Waals surface area contributed by atoms with E-state index < -0.39 is 20.6 Å². The number of hydrazone groups is 1. The molecule has 2 rings (SSSR count). The number of ether oxygens (including phenoxy) is 3. The van der Waals surface area contributed by atoms with Gasteiger partial charge in [0.15, 0.2) is 11.5 Å². The maximum Gasteiger partial charge on any atom is 0.295 e. The van der Waals surface area contributed by atoms with E-state index in [0.29, 0.717) is 22.8 Å². The van der Waals surface area contributed by atoms with Crippen LogP contribution in [0.5, 0.6) is 17.2 Å². The van der Waals surface area contributed by atoms with Crippen LogP contribution in [0.15, 0.2) is 40.3 Å². The van der Waals surface area contributed by atoms with Crippen molar-refractivity contribution in [2.75, 3.05) is 39.8 Å². The molecule has 0 aliphatic rings. The first-order valence-electron chi connectivity index (χ1n) is 9.61. The van der Waals surface area contributed by atoms with Crippen LogP contribution in [0, 0.1) is 10.1 Å². The molecule has 0 bridgehead atoms. The van der Waals surface area contributed by atoms with E-state index in [1.54, 1.807) is 26.0 Å². The molecule has 0 saturated heterocycles. The lowest BCUT2D eigenvalue weighted by Gasteiger charge is -2.18. The first-order valence-corrected chi connectivity index (χ1v) is 11.1. The van der Waals surface area contributed by atoms with E-state index >= 15 is 0 Å². The predicted molar refractivity (Wildman–Crippen MR) is 121 cm³/mol. The van der Waals surface area contributed by atoms with Crippen LogP contribution in [-0.4, -0.2) is 58.3 Å². The Morgan fingerprint density at radius 1 is 1.06 bits per heavy atom. The van der Waals surface area contributed by atoms with Crippen molar-refractivity contribution < 1.29 is 27.6 Å². The van der Waals surface area contributed by atoms with E-state index in [9.17, 15) is 18.5 Å². The molecule has 0 amide bonds. The Labute approximate surface area is 186 Å². The highest BCUT2D eigenvalue weighted by Crippen LogP contribution is 2.39. The maximum atomic E-state index is 12.7. The van der Waals surface area contributed by atoms with Crippen LogP contribution in [0.4, 0.5) is 11.4 Å². The van der Waals surface area contributed by atoms with Crippen molar-refractivity contribution in [3.8, 4) is 17.2 Å². The van der Waals surface area contributed by atoms with Gasteiger partial charge in [-0.1, -0.05) is 13.8 Å². The number of hydrogen-bond acceptors (Lipinski definition) is 9. The van der Waals surface area contributed by atoms with E-state index in [0.717, 1.165) is 6.07 Å². The van der Waals surface area contributed by atoms with Crippen molar-refractivity contribution in [1.82, 2.24) is 4.31 Å². The molecule has 0 heterocycles. The fraction of sp³-hybridized carbons (Fsp3) is 0.350. The standard InChI is InChI=1S/C20H26N4O7S/c1-6-23(7-2)32(27,28)15-9-10-16(17(12-15)24(25)26)22-21-13-14-8-11-18(29-3)20(31-5)19(14)30-4/h8-13,22H,6-7H2,1-5H3. The highest BCUT2D eigenvalue weighted by atomic mass is 32.2. The molecule has 0 saturated carbocycles. The van der Waals surface area contributed by atoms with Gasteiger partial charge in [-0.2, -0.15) is 9.41 Å². The lowest BCUT2D eigenvalue weighted by molar-refractivity contribution is -0.384. The minimum Gasteiger partial charge on any atom is -0.493 e. The minimum atomic E-state index is -3.84. The van der Waals surface area contributed by atoms with Gasteiger partial charge in [-0.25, -0.2) is 8.42 Å². The van der Waals surface area contributed by atoms with E-state index in [1.165, 1.54) is 44.0 Å². The number of anilines is 1. The highest BCUT2D eigenvalue weighted by molar-refractivity contribution is 7.89. The van der Waals surface area contributed by atoms with E-state index in [-0.39, 0.29) is 23.7 Å². The summed E-state index contributed by atoms with van der Waals surface area (Å²) < 4.78 is 42.5. The van der Waals surface area contributed by atoms with Gasteiger partial charge >= 0.3 is 0 Å². The fourth-order valence-corrected chi connectivity index (χ4v) is 4.51. The summed E-state index contributed by atoms with van der Waals surface area (Å²) in [6.45, 7) is 3.90. The lowest BCUT2D eigenvalue weighted by atomic mass is 10.2. The summed E-state index contributed by atoms with van der Waals surface area (Å²) in [5.74, 6) is 1.21. The monoisotopic (exact) mass is 466 g/mol. The Hall–Kier alpha value is -3.38. The molecule has 2 aromatic carbocycles. The predicted octanol–water partition coefficient (Wildman–Crippen LogP) is 3.10. The van der Waals surface area contributed by atoms with Gasteiger partial charge in [0, 0.05) is 24.7 Å². The van der Waals surface area contributed by atoms with Crippen LogP contribution < -0.4 is 19.6 Å². The Kier molecular flexibility index (Phi) is 8.38. The third-order valence-electron chi connectivity index (χ3n) is 4.63. The highest BCUT2D eigenvalue weighted by Gasteiger charge is 2.25. The van der Waals surface area contributed by atoms with Gasteiger partial charge < -0.3 is 14.2 Å². The Morgan fingerprint density at radius 2 is 1.72 bits per heavy atom. The average Bonchev–Trinajstić information content (AvgIpc) is 2.78. The largest absolute Gasteiger partial charge is 0.493 e. The number of nitrogens with one attached hydrogen (secondary N) is 1. The second-order valence-corrected chi connectivity index (χ2v) is 8.26. The van der Waals surface area contributed by atoms with Gasteiger partial charge in [-0.3, -0.25) is 15.5 Å². The van der Waals surface area contributed by atoms with Gasteiger partial charge in [0.05, 0.1) is 37.4 Å². The quantitative estimate of drug-likeness (QED) is 0.303. The number of methoxy groups -OCH3 is 3. The number of benzene rings is 2. The summed E-state index contributed by atoms with van der Waals surface area (Å²) in [6.07, 6.45) is 1.39. The van der Waals surface area contributed by atoms with E-state index in [2.05, 4.69) is 10.5 Å². The molecule has 0 aliphatic carbocycles. The average molecular weight is 467 g/mol. The number of nitrogens with zero attached hydrogens (tertiary/aromatic N) is 3. The number of nitro benzene ring substituents is 1. The summed E-state index contributed by atoms with van der Waals surface area (Å²) in [7, 11) is 0.585. The zero-order valence-electron chi connectivity index (χ0n) is 18.5. The van der Waals surface area contributed by atoms with Crippen molar-refractivity contribution in [3.63, 3.8) is 0 Å². The summed E-state index contributed by atoms with van der Waals surface area (Å²) in [4.78, 5) is 10.7. The van der Waals surface area contributed by atoms with Crippen LogP contribution >= 0.6 is 0 Å². The van der Waals surface area contributed by atoms with Gasteiger partial charge in [-0.15, -0.1) is 0 Å². The van der Waals surface area contributed by atoms with Crippen LogP contribution in [0.2, 0.25) is 0 Å². The summed E-state index contributed by atoms with van der Waals surface area (Å²) in [5.41, 5.74) is 2.73. The normalized spacial score (nSPS) is 11.6. The summed E-state index contributed by atoms with van der Waals surface area (Å²) in [5, 5.41) is 15.6. The molecule has 2 aromatic rings. The molecule has 0 unspecified atom stereocenters. The molecule has 0 aromatic heterocycles. The third-order valence-corrected chi connectivity index (χ3v) is 6.68. The summed E-state index contributed by atoms with van der Waals surface area (Å²) >= 11 is 0. The third kappa shape index (κ3) is 5.08. The molecule has 0 fully saturated rings.